The van der Waals surface area contributed by atoms with Crippen LogP contribution in [0, 0.1) is 5.82 Å². The van der Waals surface area contributed by atoms with E-state index in [4.69, 9.17) is 17.3 Å². The van der Waals surface area contributed by atoms with E-state index in [0.29, 0.717) is 0 Å². The van der Waals surface area contributed by atoms with Crippen LogP contribution in [0.4, 0.5) is 27.8 Å². The highest BCUT2D eigenvalue weighted by Gasteiger charge is 2.62. The summed E-state index contributed by atoms with van der Waals surface area (Å²) in [6, 6.07) is 2.98. The first kappa shape index (κ1) is 28.1. The van der Waals surface area contributed by atoms with E-state index in [9.17, 15) is 26.6 Å². The molecule has 0 saturated carbocycles. The number of thiol groups is 1. The minimum absolute atomic E-state index is 0.130. The lowest BCUT2D eigenvalue weighted by atomic mass is 9.88. The third-order valence-electron chi connectivity index (χ3n) is 6.79. The summed E-state index contributed by atoms with van der Waals surface area (Å²) in [6.45, 7) is 0.378. The Balaban J connectivity index is 1.73. The number of amidine groups is 1. The first-order valence-corrected chi connectivity index (χ1v) is 13.3. The molecule has 16 heteroatoms. The number of halogens is 6. The van der Waals surface area contributed by atoms with E-state index >= 15 is 4.39 Å². The zero-order valence-corrected chi connectivity index (χ0v) is 21.9. The summed E-state index contributed by atoms with van der Waals surface area (Å²) < 4.78 is 88.5. The lowest BCUT2D eigenvalue weighted by Gasteiger charge is -2.56. The number of aliphatic imine (C=N–C) groups is 1. The zero-order valence-electron chi connectivity index (χ0n) is 20.2. The van der Waals surface area contributed by atoms with E-state index in [2.05, 4.69) is 29.7 Å². The molecule has 0 aliphatic carbocycles. The Morgan fingerprint density at radius 1 is 1.32 bits per heavy atom. The van der Waals surface area contributed by atoms with Gasteiger partial charge in [-0.15, -0.1) is 0 Å². The molecule has 1 saturated heterocycles. The molecule has 0 radical (unpaired) electrons. The fourth-order valence-corrected chi connectivity index (χ4v) is 8.51. The van der Waals surface area contributed by atoms with Crippen LogP contribution in [0.5, 0.6) is 5.75 Å². The van der Waals surface area contributed by atoms with Crippen LogP contribution >= 0.6 is 11.6 Å². The van der Waals surface area contributed by atoms with Crippen molar-refractivity contribution in [1.29, 1.82) is 0 Å². The number of rotatable bonds is 5. The Kier molecular flexibility index (Phi) is 6.94. The van der Waals surface area contributed by atoms with Crippen molar-refractivity contribution in [3.8, 4) is 5.75 Å². The van der Waals surface area contributed by atoms with Crippen molar-refractivity contribution in [2.75, 3.05) is 11.9 Å². The van der Waals surface area contributed by atoms with Crippen LogP contribution in [-0.4, -0.2) is 55.0 Å². The van der Waals surface area contributed by atoms with Gasteiger partial charge in [0.15, 0.2) is 0 Å². The number of amides is 1. The standard InChI is InChI=1S/C22H24ClF5N6O3S/c1-20(2)18(29)34-21(3,13-7-22(27,28)9-31-38(13,20)36)16-12(24)4-5-14(32-16)33-17(35)15-11(23)6-10(8-30-15)37-19(25)26/h4-6,8,13,19,38H,7,9H2,1-3H3,(H2,29,34)(H,31,36)(H,32,33,35)/t13-,21+/m1/s1. The number of nitrogens with one attached hydrogen (secondary N) is 2. The fourth-order valence-electron chi connectivity index (χ4n) is 4.61. The summed E-state index contributed by atoms with van der Waals surface area (Å²) in [5.74, 6) is -5.89. The summed E-state index contributed by atoms with van der Waals surface area (Å²) in [4.78, 5) is 24.9. The number of anilines is 1. The van der Waals surface area contributed by atoms with Crippen LogP contribution in [0.2, 0.25) is 5.02 Å². The molecule has 1 fully saturated rings. The molecule has 9 nitrogen and oxygen atoms in total. The van der Waals surface area contributed by atoms with Crippen molar-refractivity contribution in [3.05, 3.63) is 46.6 Å². The number of carbonyl (C=O) groups is 1. The van der Waals surface area contributed by atoms with Crippen molar-refractivity contribution in [1.82, 2.24) is 14.7 Å². The highest BCUT2D eigenvalue weighted by molar-refractivity contribution is 8.04. The van der Waals surface area contributed by atoms with Gasteiger partial charge >= 0.3 is 6.61 Å². The van der Waals surface area contributed by atoms with Gasteiger partial charge in [-0.2, -0.15) is 8.78 Å². The number of alkyl halides is 4. The smallest absolute Gasteiger partial charge is 0.387 e. The predicted octanol–water partition coefficient (Wildman–Crippen LogP) is 3.42. The summed E-state index contributed by atoms with van der Waals surface area (Å²) in [5, 5.41) is 0.640. The minimum Gasteiger partial charge on any atom is -0.433 e. The highest BCUT2D eigenvalue weighted by atomic mass is 35.5. The molecular formula is C22H24ClF5N6O3S. The molecule has 208 valence electrons. The van der Waals surface area contributed by atoms with Gasteiger partial charge in [-0.1, -0.05) is 11.6 Å². The first-order chi connectivity index (χ1) is 17.5. The molecule has 2 aliphatic heterocycles. The van der Waals surface area contributed by atoms with Gasteiger partial charge in [0, 0.05) is 12.5 Å². The highest BCUT2D eigenvalue weighted by Crippen LogP contribution is 2.50. The van der Waals surface area contributed by atoms with E-state index in [1.54, 1.807) is 0 Å². The van der Waals surface area contributed by atoms with E-state index < -0.39 is 68.6 Å². The van der Waals surface area contributed by atoms with Crippen LogP contribution in [0.25, 0.3) is 0 Å². The van der Waals surface area contributed by atoms with Gasteiger partial charge in [0.1, 0.15) is 40.1 Å². The van der Waals surface area contributed by atoms with Crippen LogP contribution in [-0.2, 0) is 15.7 Å². The molecule has 4 N–H and O–H groups in total. The van der Waals surface area contributed by atoms with Crippen LogP contribution in [0.15, 0.2) is 29.4 Å². The van der Waals surface area contributed by atoms with E-state index in [1.807, 2.05) is 0 Å². The molecular weight excluding hydrogens is 559 g/mol. The summed E-state index contributed by atoms with van der Waals surface area (Å²) in [5.41, 5.74) is 3.41. The van der Waals surface area contributed by atoms with Crippen molar-refractivity contribution in [2.45, 2.75) is 55.3 Å². The van der Waals surface area contributed by atoms with E-state index in [0.717, 1.165) is 24.4 Å². The Hall–Kier alpha value is -2.91. The first-order valence-electron chi connectivity index (χ1n) is 11.2. The number of carbonyl (C=O) groups excluding carboxylic acids is 1. The van der Waals surface area contributed by atoms with Crippen LogP contribution in [0.1, 0.15) is 43.4 Å². The molecule has 2 atom stereocenters. The molecule has 4 heterocycles. The summed E-state index contributed by atoms with van der Waals surface area (Å²) >= 11 is 5.97. The lowest BCUT2D eigenvalue weighted by molar-refractivity contribution is -0.0500. The van der Waals surface area contributed by atoms with Crippen LogP contribution in [0.3, 0.4) is 0 Å². The fraction of sp³-hybridized carbons (Fsp3) is 0.455. The SMILES string of the molecule is CC1(C)C(N)=N[C@](C)(c2nc(NC(=O)c3ncc(OC(F)F)cc3Cl)ccc2F)[C@H]2CC(F)(F)CN[SH]21=O. The number of aromatic nitrogens is 2. The molecule has 2 aromatic heterocycles. The number of hydrogen-bond acceptors (Lipinski definition) is 7. The third kappa shape index (κ3) is 4.71. The van der Waals surface area contributed by atoms with Gasteiger partial charge in [0.25, 0.3) is 11.8 Å². The van der Waals surface area contributed by atoms with Gasteiger partial charge in [-0.25, -0.2) is 23.1 Å². The van der Waals surface area contributed by atoms with Gasteiger partial charge in [-0.05, 0) is 43.0 Å². The van der Waals surface area contributed by atoms with Crippen molar-refractivity contribution in [3.63, 3.8) is 0 Å². The molecule has 0 aromatic carbocycles. The predicted molar refractivity (Wildman–Crippen MR) is 132 cm³/mol. The minimum atomic E-state index is -3.75. The normalized spacial score (nSPS) is 26.2. The maximum Gasteiger partial charge on any atom is 0.387 e. The second-order valence-corrected chi connectivity index (χ2v) is 13.4. The monoisotopic (exact) mass is 582 g/mol. The van der Waals surface area contributed by atoms with Gasteiger partial charge in [-0.3, -0.25) is 18.7 Å². The Labute approximate surface area is 220 Å². The van der Waals surface area contributed by atoms with E-state index in [1.165, 1.54) is 20.8 Å². The average molecular weight is 583 g/mol. The summed E-state index contributed by atoms with van der Waals surface area (Å²) in [6.07, 6.45) is -0.00910. The van der Waals surface area contributed by atoms with Gasteiger partial charge in [0.05, 0.1) is 27.8 Å². The maximum atomic E-state index is 15.2. The zero-order chi connectivity index (χ0) is 28.3. The number of pyridine rings is 2. The lowest BCUT2D eigenvalue weighted by Crippen LogP contribution is -2.72. The van der Waals surface area contributed by atoms with Crippen molar-refractivity contribution < 1.29 is 35.7 Å². The van der Waals surface area contributed by atoms with Crippen molar-refractivity contribution >= 4 is 39.3 Å². The topological polar surface area (TPSA) is 132 Å². The Bertz CT molecular complexity index is 1380. The molecule has 0 unspecified atom stereocenters. The largest absolute Gasteiger partial charge is 0.433 e. The third-order valence-corrected chi connectivity index (χ3v) is 11.2. The quantitative estimate of drug-likeness (QED) is 0.316. The molecule has 2 aliphatic rings. The summed E-state index contributed by atoms with van der Waals surface area (Å²) in [7, 11) is -3.75. The molecule has 38 heavy (non-hydrogen) atoms. The Morgan fingerprint density at radius 2 is 2.00 bits per heavy atom. The second kappa shape index (κ2) is 9.38. The maximum absolute atomic E-state index is 15.2. The number of nitrogens with two attached hydrogens (primary N) is 1. The molecule has 0 spiro atoms. The van der Waals surface area contributed by atoms with Gasteiger partial charge < -0.3 is 15.8 Å². The molecule has 4 rings (SSSR count). The number of ether oxygens (including phenoxy) is 1. The number of fused-ring (bicyclic) bond motifs is 1. The van der Waals surface area contributed by atoms with Gasteiger partial charge in [0.2, 0.25) is 0 Å². The molecule has 2 aromatic rings. The Morgan fingerprint density at radius 3 is 2.63 bits per heavy atom. The second-order valence-electron chi connectivity index (χ2n) is 9.63. The number of nitrogens with zero attached hydrogens (tertiary/aromatic N) is 3. The van der Waals surface area contributed by atoms with E-state index in [-0.39, 0.29) is 28.1 Å². The molecule has 1 amide bonds. The number of hydrogen-bond donors (Lipinski definition) is 4. The average Bonchev–Trinajstić information content (AvgIpc) is 2.80. The van der Waals surface area contributed by atoms with Crippen LogP contribution < -0.4 is 20.5 Å². The molecule has 0 bridgehead atoms. The van der Waals surface area contributed by atoms with Crippen molar-refractivity contribution in [2.24, 2.45) is 10.7 Å².